The van der Waals surface area contributed by atoms with E-state index in [1.807, 2.05) is 30.3 Å². The van der Waals surface area contributed by atoms with Crippen LogP contribution in [0.1, 0.15) is 24.0 Å². The number of ether oxygens (including phenoxy) is 1. The lowest BCUT2D eigenvalue weighted by Crippen LogP contribution is -2.46. The molecule has 3 rings (SSSR count). The molecule has 1 amide bonds. The van der Waals surface area contributed by atoms with Crippen LogP contribution in [-0.2, 0) is 21.4 Å². The number of sulfonamides is 1. The van der Waals surface area contributed by atoms with Crippen molar-refractivity contribution in [2.75, 3.05) is 19.7 Å². The van der Waals surface area contributed by atoms with Crippen molar-refractivity contribution < 1.29 is 22.3 Å². The largest absolute Gasteiger partial charge is 0.484 e. The molecule has 0 aliphatic carbocycles. The van der Waals surface area contributed by atoms with Crippen molar-refractivity contribution in [2.24, 2.45) is 0 Å². The van der Waals surface area contributed by atoms with E-state index in [0.717, 1.165) is 5.56 Å². The highest BCUT2D eigenvalue weighted by Crippen LogP contribution is 2.19. The van der Waals surface area contributed by atoms with Gasteiger partial charge in [-0.05, 0) is 49.1 Å². The zero-order valence-corrected chi connectivity index (χ0v) is 17.1. The van der Waals surface area contributed by atoms with Crippen LogP contribution >= 0.6 is 0 Å². The van der Waals surface area contributed by atoms with Gasteiger partial charge in [-0.15, -0.1) is 0 Å². The lowest BCUT2D eigenvalue weighted by atomic mass is 10.1. The van der Waals surface area contributed by atoms with Gasteiger partial charge in [-0.2, -0.15) is 0 Å². The van der Waals surface area contributed by atoms with Crippen molar-refractivity contribution in [3.63, 3.8) is 0 Å². The highest BCUT2D eigenvalue weighted by atomic mass is 32.2. The van der Waals surface area contributed by atoms with Crippen molar-refractivity contribution in [2.45, 2.75) is 31.6 Å². The second-order valence-corrected chi connectivity index (χ2v) is 9.18. The molecule has 2 aromatic rings. The Morgan fingerprint density at radius 2 is 1.86 bits per heavy atom. The summed E-state index contributed by atoms with van der Waals surface area (Å²) < 4.78 is 46.5. The van der Waals surface area contributed by atoms with Gasteiger partial charge in [-0.1, -0.05) is 30.3 Å². The number of carbonyl (C=O) groups is 1. The summed E-state index contributed by atoms with van der Waals surface area (Å²) in [6.45, 7) is 2.45. The summed E-state index contributed by atoms with van der Waals surface area (Å²) >= 11 is 0. The second-order valence-electron chi connectivity index (χ2n) is 7.13. The number of hydrogen-bond acceptors (Lipinski definition) is 4. The standard InChI is InChI=1S/C21H25FN2O4S/c1-16-13-18(7-8-20(16)22)28-15-21(25)24-11-9-19(10-12-24)29(26,27)23-14-17-5-3-2-4-6-17/h2-8,13,19,23H,9-12,14-15H2,1H3. The molecule has 1 fully saturated rings. The predicted octanol–water partition coefficient (Wildman–Crippen LogP) is 2.62. The van der Waals surface area contributed by atoms with Crippen molar-refractivity contribution in [1.29, 1.82) is 0 Å². The molecule has 0 aromatic heterocycles. The Bertz CT molecular complexity index is 942. The van der Waals surface area contributed by atoms with Crippen molar-refractivity contribution in [1.82, 2.24) is 9.62 Å². The van der Waals surface area contributed by atoms with Gasteiger partial charge in [0.2, 0.25) is 10.0 Å². The van der Waals surface area contributed by atoms with E-state index in [2.05, 4.69) is 4.72 Å². The fourth-order valence-corrected chi connectivity index (χ4v) is 4.69. The normalized spacial score (nSPS) is 15.3. The van der Waals surface area contributed by atoms with Gasteiger partial charge in [0.25, 0.3) is 5.91 Å². The lowest BCUT2D eigenvalue weighted by Gasteiger charge is -2.31. The van der Waals surface area contributed by atoms with Gasteiger partial charge in [0.15, 0.2) is 6.61 Å². The number of halogens is 1. The van der Waals surface area contributed by atoms with Crippen LogP contribution in [-0.4, -0.2) is 44.2 Å². The molecule has 0 radical (unpaired) electrons. The van der Waals surface area contributed by atoms with Gasteiger partial charge in [-0.3, -0.25) is 4.79 Å². The maximum Gasteiger partial charge on any atom is 0.260 e. The third-order valence-corrected chi connectivity index (χ3v) is 6.94. The monoisotopic (exact) mass is 420 g/mol. The van der Waals surface area contributed by atoms with Crippen LogP contribution in [0.25, 0.3) is 0 Å². The van der Waals surface area contributed by atoms with E-state index in [1.54, 1.807) is 17.9 Å². The SMILES string of the molecule is Cc1cc(OCC(=O)N2CCC(S(=O)(=O)NCc3ccccc3)CC2)ccc1F. The van der Waals surface area contributed by atoms with E-state index >= 15 is 0 Å². The number of rotatable bonds is 7. The number of amides is 1. The summed E-state index contributed by atoms with van der Waals surface area (Å²) in [5.41, 5.74) is 1.35. The smallest absolute Gasteiger partial charge is 0.260 e. The third kappa shape index (κ3) is 5.77. The molecule has 0 saturated carbocycles. The number of hydrogen-bond donors (Lipinski definition) is 1. The van der Waals surface area contributed by atoms with Gasteiger partial charge in [0.05, 0.1) is 5.25 Å². The number of likely N-dealkylation sites (tertiary alicyclic amines) is 1. The van der Waals surface area contributed by atoms with E-state index in [9.17, 15) is 17.6 Å². The topological polar surface area (TPSA) is 75.7 Å². The molecule has 1 aliphatic rings. The summed E-state index contributed by atoms with van der Waals surface area (Å²) in [7, 11) is -3.45. The van der Waals surface area contributed by atoms with E-state index in [-0.39, 0.29) is 24.9 Å². The van der Waals surface area contributed by atoms with E-state index < -0.39 is 15.3 Å². The number of benzene rings is 2. The summed E-state index contributed by atoms with van der Waals surface area (Å²) in [4.78, 5) is 14.0. The first-order chi connectivity index (χ1) is 13.8. The van der Waals surface area contributed by atoms with Crippen molar-refractivity contribution in [3.05, 3.63) is 65.5 Å². The molecular weight excluding hydrogens is 395 g/mol. The highest BCUT2D eigenvalue weighted by molar-refractivity contribution is 7.90. The fraction of sp³-hybridized carbons (Fsp3) is 0.381. The number of nitrogens with one attached hydrogen (secondary N) is 1. The number of nitrogens with zero attached hydrogens (tertiary/aromatic N) is 1. The van der Waals surface area contributed by atoms with Crippen LogP contribution in [0.4, 0.5) is 4.39 Å². The van der Waals surface area contributed by atoms with Crippen LogP contribution in [0.3, 0.4) is 0 Å². The first-order valence-electron chi connectivity index (χ1n) is 9.54. The molecule has 1 heterocycles. The molecule has 6 nitrogen and oxygen atoms in total. The molecule has 0 bridgehead atoms. The Labute approximate surface area is 170 Å². The molecule has 156 valence electrons. The molecule has 1 N–H and O–H groups in total. The zero-order valence-electron chi connectivity index (χ0n) is 16.3. The molecular formula is C21H25FN2O4S. The van der Waals surface area contributed by atoms with Gasteiger partial charge >= 0.3 is 0 Å². The molecule has 0 unspecified atom stereocenters. The van der Waals surface area contributed by atoms with E-state index in [4.69, 9.17) is 4.74 Å². The maximum absolute atomic E-state index is 13.3. The first-order valence-corrected chi connectivity index (χ1v) is 11.1. The number of carbonyl (C=O) groups excluding carboxylic acids is 1. The summed E-state index contributed by atoms with van der Waals surface area (Å²) in [5.74, 6) is -0.104. The summed E-state index contributed by atoms with van der Waals surface area (Å²) in [6.07, 6.45) is 0.761. The number of piperidine rings is 1. The molecule has 0 spiro atoms. The Hall–Kier alpha value is -2.45. The van der Waals surface area contributed by atoms with Gasteiger partial charge in [0.1, 0.15) is 11.6 Å². The fourth-order valence-electron chi connectivity index (χ4n) is 3.26. The third-order valence-electron chi connectivity index (χ3n) is 5.05. The maximum atomic E-state index is 13.3. The minimum absolute atomic E-state index is 0.158. The molecule has 2 aromatic carbocycles. The summed E-state index contributed by atoms with van der Waals surface area (Å²) in [5, 5.41) is -0.518. The van der Waals surface area contributed by atoms with Crippen LogP contribution in [0.2, 0.25) is 0 Å². The van der Waals surface area contributed by atoms with Crippen LogP contribution in [0.15, 0.2) is 48.5 Å². The average molecular weight is 421 g/mol. The lowest BCUT2D eigenvalue weighted by molar-refractivity contribution is -0.134. The van der Waals surface area contributed by atoms with E-state index in [0.29, 0.717) is 37.2 Å². The average Bonchev–Trinajstić information content (AvgIpc) is 2.74. The predicted molar refractivity (Wildman–Crippen MR) is 108 cm³/mol. The number of aryl methyl sites for hydroxylation is 1. The molecule has 29 heavy (non-hydrogen) atoms. The van der Waals surface area contributed by atoms with Gasteiger partial charge in [-0.25, -0.2) is 17.5 Å². The van der Waals surface area contributed by atoms with Crippen LogP contribution in [0, 0.1) is 12.7 Å². The molecule has 1 aliphatic heterocycles. The summed E-state index contributed by atoms with van der Waals surface area (Å²) in [6, 6.07) is 13.7. The Morgan fingerprint density at radius 3 is 2.52 bits per heavy atom. The van der Waals surface area contributed by atoms with Crippen molar-refractivity contribution >= 4 is 15.9 Å². The quantitative estimate of drug-likeness (QED) is 0.747. The minimum atomic E-state index is -3.45. The highest BCUT2D eigenvalue weighted by Gasteiger charge is 2.31. The van der Waals surface area contributed by atoms with Crippen molar-refractivity contribution in [3.8, 4) is 5.75 Å². The van der Waals surface area contributed by atoms with Crippen LogP contribution in [0.5, 0.6) is 5.75 Å². The molecule has 0 atom stereocenters. The second kappa shape index (κ2) is 9.37. The van der Waals surface area contributed by atoms with Crippen LogP contribution < -0.4 is 9.46 Å². The molecule has 1 saturated heterocycles. The first kappa shape index (κ1) is 21.3. The van der Waals surface area contributed by atoms with Gasteiger partial charge in [0, 0.05) is 19.6 Å². The minimum Gasteiger partial charge on any atom is -0.484 e. The van der Waals surface area contributed by atoms with E-state index in [1.165, 1.54) is 12.1 Å². The zero-order chi connectivity index (χ0) is 20.9. The Morgan fingerprint density at radius 1 is 1.17 bits per heavy atom. The Kier molecular flexibility index (Phi) is 6.87. The van der Waals surface area contributed by atoms with Gasteiger partial charge < -0.3 is 9.64 Å². The molecule has 8 heteroatoms. The Balaban J connectivity index is 1.46.